The topological polar surface area (TPSA) is 78.1 Å². The molecule has 0 aliphatic carbocycles. The van der Waals surface area contributed by atoms with Crippen LogP contribution in [0.2, 0.25) is 0 Å². The van der Waals surface area contributed by atoms with Gasteiger partial charge in [-0.3, -0.25) is 14.5 Å². The number of carbonyl (C=O) groups is 1. The summed E-state index contributed by atoms with van der Waals surface area (Å²) in [5.74, 6) is -0.508. The number of hydrogen-bond acceptors (Lipinski definition) is 4. The predicted molar refractivity (Wildman–Crippen MR) is 85.3 cm³/mol. The summed E-state index contributed by atoms with van der Waals surface area (Å²) >= 11 is 0. The number of hydrogen-bond donors (Lipinski definition) is 2. The summed E-state index contributed by atoms with van der Waals surface area (Å²) in [6.45, 7) is -0.503. The number of likely N-dealkylation sites (tertiary alicyclic amines) is 1. The molecule has 9 heteroatoms. The van der Waals surface area contributed by atoms with Crippen molar-refractivity contribution >= 4 is 16.7 Å². The first-order valence-electron chi connectivity index (χ1n) is 7.91. The molecule has 134 valence electrons. The minimum atomic E-state index is -4.26. The van der Waals surface area contributed by atoms with Crippen molar-refractivity contribution in [2.24, 2.45) is 0 Å². The maximum Gasteiger partial charge on any atom is 0.401 e. The summed E-state index contributed by atoms with van der Waals surface area (Å²) < 4.78 is 37.6. The van der Waals surface area contributed by atoms with Crippen LogP contribution in [0.1, 0.15) is 23.3 Å². The lowest BCUT2D eigenvalue weighted by Crippen LogP contribution is -2.50. The molecule has 1 unspecified atom stereocenters. The van der Waals surface area contributed by atoms with Gasteiger partial charge in [0, 0.05) is 18.0 Å². The third kappa shape index (κ3) is 4.16. The van der Waals surface area contributed by atoms with Crippen molar-refractivity contribution in [3.05, 3.63) is 40.3 Å². The van der Waals surface area contributed by atoms with Crippen molar-refractivity contribution in [1.29, 1.82) is 0 Å². The van der Waals surface area contributed by atoms with Gasteiger partial charge in [-0.1, -0.05) is 18.2 Å². The van der Waals surface area contributed by atoms with E-state index in [0.29, 0.717) is 30.2 Å². The zero-order valence-corrected chi connectivity index (χ0v) is 13.3. The van der Waals surface area contributed by atoms with E-state index >= 15 is 0 Å². The lowest BCUT2D eigenvalue weighted by atomic mass is 10.0. The molecule has 1 amide bonds. The van der Waals surface area contributed by atoms with Crippen LogP contribution < -0.4 is 10.9 Å². The average Bonchev–Trinajstić information content (AvgIpc) is 2.54. The van der Waals surface area contributed by atoms with Crippen LogP contribution in [0.15, 0.2) is 29.1 Å². The monoisotopic (exact) mass is 354 g/mol. The number of fused-ring (bicyclic) bond motifs is 1. The summed E-state index contributed by atoms with van der Waals surface area (Å²) in [5.41, 5.74) is -0.343. The van der Waals surface area contributed by atoms with E-state index in [1.54, 1.807) is 24.3 Å². The predicted octanol–water partition coefficient (Wildman–Crippen LogP) is 1.68. The highest BCUT2D eigenvalue weighted by Gasteiger charge is 2.33. The summed E-state index contributed by atoms with van der Waals surface area (Å²) in [4.78, 5) is 25.5. The number of amides is 1. The van der Waals surface area contributed by atoms with Gasteiger partial charge < -0.3 is 5.32 Å². The largest absolute Gasteiger partial charge is 0.401 e. The molecule has 0 spiro atoms. The molecule has 6 nitrogen and oxygen atoms in total. The van der Waals surface area contributed by atoms with Crippen molar-refractivity contribution < 1.29 is 18.0 Å². The Morgan fingerprint density at radius 2 is 2.04 bits per heavy atom. The molecule has 2 N–H and O–H groups in total. The van der Waals surface area contributed by atoms with Gasteiger partial charge in [0.25, 0.3) is 11.5 Å². The van der Waals surface area contributed by atoms with Gasteiger partial charge in [-0.05, 0) is 25.5 Å². The fourth-order valence-electron chi connectivity index (χ4n) is 3.11. The highest BCUT2D eigenvalue weighted by Crippen LogP contribution is 2.20. The van der Waals surface area contributed by atoms with E-state index in [0.717, 1.165) is 0 Å². The number of benzene rings is 1. The highest BCUT2D eigenvalue weighted by atomic mass is 19.4. The van der Waals surface area contributed by atoms with Crippen molar-refractivity contribution in [2.75, 3.05) is 19.6 Å². The first kappa shape index (κ1) is 17.4. The number of alkyl halides is 3. The van der Waals surface area contributed by atoms with E-state index in [9.17, 15) is 22.8 Å². The van der Waals surface area contributed by atoms with Gasteiger partial charge in [-0.2, -0.15) is 18.3 Å². The van der Waals surface area contributed by atoms with Gasteiger partial charge in [0.15, 0.2) is 5.69 Å². The van der Waals surface area contributed by atoms with Gasteiger partial charge in [0.2, 0.25) is 0 Å². The lowest BCUT2D eigenvalue weighted by molar-refractivity contribution is -0.148. The van der Waals surface area contributed by atoms with Gasteiger partial charge in [-0.15, -0.1) is 0 Å². The van der Waals surface area contributed by atoms with Crippen LogP contribution in [0.25, 0.3) is 10.8 Å². The van der Waals surface area contributed by atoms with Gasteiger partial charge in [0.05, 0.1) is 11.9 Å². The SMILES string of the molecule is O=C(NC1CCCN(CC(F)(F)F)C1)c1n[nH]c(=O)c2ccccc12. The maximum atomic E-state index is 12.5. The Hall–Kier alpha value is -2.42. The van der Waals surface area contributed by atoms with Crippen LogP contribution in [0.5, 0.6) is 0 Å². The molecule has 0 saturated carbocycles. The summed E-state index contributed by atoms with van der Waals surface area (Å²) in [6.07, 6.45) is -3.09. The van der Waals surface area contributed by atoms with Crippen molar-refractivity contribution in [3.63, 3.8) is 0 Å². The Bertz CT molecular complexity index is 834. The second-order valence-electron chi connectivity index (χ2n) is 6.11. The number of halogens is 3. The first-order chi connectivity index (χ1) is 11.8. The molecule has 0 bridgehead atoms. The van der Waals surface area contributed by atoms with E-state index in [4.69, 9.17) is 0 Å². The standard InChI is InChI=1S/C16H17F3N4O2/c17-16(18,19)9-23-7-3-4-10(8-23)20-15(25)13-11-5-1-2-6-12(11)14(24)22-21-13/h1-2,5-6,10H,3-4,7-9H2,(H,20,25)(H,22,24). The van der Waals surface area contributed by atoms with Crippen LogP contribution in [-0.2, 0) is 0 Å². The number of carbonyl (C=O) groups excluding carboxylic acids is 1. The molecule has 1 aromatic carbocycles. The smallest absolute Gasteiger partial charge is 0.347 e. The Morgan fingerprint density at radius 1 is 1.32 bits per heavy atom. The van der Waals surface area contributed by atoms with Crippen molar-refractivity contribution in [1.82, 2.24) is 20.4 Å². The summed E-state index contributed by atoms with van der Waals surface area (Å²) in [7, 11) is 0. The van der Waals surface area contributed by atoms with Crippen molar-refractivity contribution in [3.8, 4) is 0 Å². The van der Waals surface area contributed by atoms with Crippen LogP contribution in [-0.4, -0.2) is 52.9 Å². The number of nitrogens with one attached hydrogen (secondary N) is 2. The molecular weight excluding hydrogens is 337 g/mol. The fraction of sp³-hybridized carbons (Fsp3) is 0.438. The van der Waals surface area contributed by atoms with Crippen LogP contribution in [0.4, 0.5) is 13.2 Å². The first-order valence-corrected chi connectivity index (χ1v) is 7.91. The molecule has 25 heavy (non-hydrogen) atoms. The van der Waals surface area contributed by atoms with Crippen LogP contribution >= 0.6 is 0 Å². The van der Waals surface area contributed by atoms with Crippen molar-refractivity contribution in [2.45, 2.75) is 25.1 Å². The normalized spacial score (nSPS) is 19.1. The molecule has 1 fully saturated rings. The molecule has 0 radical (unpaired) electrons. The van der Waals surface area contributed by atoms with Gasteiger partial charge in [0.1, 0.15) is 0 Å². The van der Waals surface area contributed by atoms with E-state index in [-0.39, 0.29) is 12.2 Å². The van der Waals surface area contributed by atoms with Gasteiger partial charge in [-0.25, -0.2) is 5.10 Å². The minimum Gasteiger partial charge on any atom is -0.347 e. The number of piperidine rings is 1. The Morgan fingerprint density at radius 3 is 2.76 bits per heavy atom. The number of nitrogens with zero attached hydrogens (tertiary/aromatic N) is 2. The van der Waals surface area contributed by atoms with Crippen LogP contribution in [0, 0.1) is 0 Å². The molecule has 3 rings (SSSR count). The summed E-state index contributed by atoms with van der Waals surface area (Å²) in [6, 6.07) is 6.17. The quantitative estimate of drug-likeness (QED) is 0.879. The molecule has 1 aliphatic heterocycles. The number of rotatable bonds is 3. The number of H-pyrrole nitrogens is 1. The molecule has 1 aromatic heterocycles. The second-order valence-corrected chi connectivity index (χ2v) is 6.11. The molecule has 2 heterocycles. The van der Waals surface area contributed by atoms with E-state index in [2.05, 4.69) is 15.5 Å². The lowest BCUT2D eigenvalue weighted by Gasteiger charge is -2.33. The molecule has 1 saturated heterocycles. The molecule has 2 aromatic rings. The Balaban J connectivity index is 1.74. The fourth-order valence-corrected chi connectivity index (χ4v) is 3.11. The second kappa shape index (κ2) is 6.83. The zero-order chi connectivity index (χ0) is 18.0. The van der Waals surface area contributed by atoms with Gasteiger partial charge >= 0.3 is 6.18 Å². The van der Waals surface area contributed by atoms with E-state index in [1.807, 2.05) is 0 Å². The Labute approximate surface area is 141 Å². The minimum absolute atomic E-state index is 0.0585. The average molecular weight is 354 g/mol. The third-order valence-electron chi connectivity index (χ3n) is 4.15. The van der Waals surface area contributed by atoms with E-state index in [1.165, 1.54) is 4.90 Å². The molecule has 1 aliphatic rings. The van der Waals surface area contributed by atoms with Crippen LogP contribution in [0.3, 0.4) is 0 Å². The Kier molecular flexibility index (Phi) is 4.76. The van der Waals surface area contributed by atoms with E-state index < -0.39 is 30.2 Å². The molecule has 1 atom stereocenters. The molecular formula is C16H17F3N4O2. The number of aromatic nitrogens is 2. The zero-order valence-electron chi connectivity index (χ0n) is 13.3. The maximum absolute atomic E-state index is 12.5. The number of aromatic amines is 1. The third-order valence-corrected chi connectivity index (χ3v) is 4.15. The summed E-state index contributed by atoms with van der Waals surface area (Å²) in [5, 5.41) is 9.56. The highest BCUT2D eigenvalue weighted by molar-refractivity contribution is 6.04.